The minimum Gasteiger partial charge on any atom is -0.493 e. The molecule has 2 atom stereocenters. The maximum Gasteiger partial charge on any atom is 0.378 e. The highest BCUT2D eigenvalue weighted by atomic mass is 16.7. The molecule has 0 saturated carbocycles. The van der Waals surface area contributed by atoms with Crippen LogP contribution in [0.25, 0.3) is 0 Å². The van der Waals surface area contributed by atoms with E-state index in [0.717, 1.165) is 0 Å². The monoisotopic (exact) mass is 374 g/mol. The third-order valence-electron chi connectivity index (χ3n) is 4.46. The number of esters is 1. The number of carboxylic acids is 1. The topological polar surface area (TPSA) is 112 Å². The summed E-state index contributed by atoms with van der Waals surface area (Å²) >= 11 is 0. The van der Waals surface area contributed by atoms with Crippen molar-refractivity contribution in [1.82, 2.24) is 0 Å². The number of ether oxygens (including phenoxy) is 4. The number of cyclic esters (lactones) is 1. The number of aliphatic hydroxyl groups is 1. The van der Waals surface area contributed by atoms with Gasteiger partial charge in [0.25, 0.3) is 0 Å². The second-order valence-electron chi connectivity index (χ2n) is 5.87. The zero-order valence-electron chi connectivity index (χ0n) is 14.9. The first-order chi connectivity index (χ1) is 12.9. The first kappa shape index (κ1) is 18.5. The average Bonchev–Trinajstić information content (AvgIpc) is 2.66. The number of aliphatic carboxylic acids is 1. The Bertz CT molecular complexity index is 881. The molecule has 0 spiro atoms. The van der Waals surface area contributed by atoms with Crippen molar-refractivity contribution in [3.63, 3.8) is 0 Å². The minimum absolute atomic E-state index is 0.169. The van der Waals surface area contributed by atoms with Crippen LogP contribution in [0, 0.1) is 0 Å². The van der Waals surface area contributed by atoms with E-state index in [1.807, 2.05) is 0 Å². The summed E-state index contributed by atoms with van der Waals surface area (Å²) in [5.41, 5.74) is 0.796. The molecule has 0 radical (unpaired) electrons. The molecule has 3 rings (SSSR count). The number of rotatable bonds is 5. The van der Waals surface area contributed by atoms with Crippen LogP contribution in [0.15, 0.2) is 36.4 Å². The normalized spacial score (nSPS) is 21.0. The number of carboxylic acid groups (broad SMARTS) is 1. The first-order valence-electron chi connectivity index (χ1n) is 7.95. The lowest BCUT2D eigenvalue weighted by atomic mass is 9.79. The zero-order chi connectivity index (χ0) is 19.8. The van der Waals surface area contributed by atoms with Gasteiger partial charge >= 0.3 is 17.7 Å². The lowest BCUT2D eigenvalue weighted by Crippen LogP contribution is -2.52. The van der Waals surface area contributed by atoms with Gasteiger partial charge in [-0.3, -0.25) is 0 Å². The van der Waals surface area contributed by atoms with Crippen LogP contribution in [0.1, 0.15) is 27.4 Å². The van der Waals surface area contributed by atoms with Gasteiger partial charge in [0, 0.05) is 0 Å². The fourth-order valence-electron chi connectivity index (χ4n) is 3.24. The van der Waals surface area contributed by atoms with Gasteiger partial charge in [-0.2, -0.15) is 0 Å². The molecule has 2 aromatic carbocycles. The van der Waals surface area contributed by atoms with Gasteiger partial charge in [-0.1, -0.05) is 18.2 Å². The third kappa shape index (κ3) is 2.83. The summed E-state index contributed by atoms with van der Waals surface area (Å²) in [5.74, 6) is -5.76. The zero-order valence-corrected chi connectivity index (χ0v) is 14.9. The van der Waals surface area contributed by atoms with Crippen LogP contribution in [0.4, 0.5) is 0 Å². The molecule has 1 aliphatic rings. The Morgan fingerprint density at radius 2 is 1.67 bits per heavy atom. The van der Waals surface area contributed by atoms with Crippen LogP contribution in [0.5, 0.6) is 17.2 Å². The van der Waals surface area contributed by atoms with E-state index in [2.05, 4.69) is 0 Å². The highest BCUT2D eigenvalue weighted by molar-refractivity contribution is 5.96. The number of carbonyl (C=O) groups excluding carboxylic acids is 1. The summed E-state index contributed by atoms with van der Waals surface area (Å²) < 4.78 is 20.8. The van der Waals surface area contributed by atoms with Crippen LogP contribution >= 0.6 is 0 Å². The van der Waals surface area contributed by atoms with Crippen molar-refractivity contribution in [2.45, 2.75) is 11.7 Å². The maximum atomic E-state index is 12.2. The van der Waals surface area contributed by atoms with Crippen LogP contribution in [-0.4, -0.2) is 49.3 Å². The van der Waals surface area contributed by atoms with E-state index in [0.29, 0.717) is 16.9 Å². The SMILES string of the molecule is COc1cc(C2c3ccccc3C(=O)OC2(O)C(=O)O)cc(OC)c1OC. The van der Waals surface area contributed by atoms with Gasteiger partial charge in [0.2, 0.25) is 5.75 Å². The van der Waals surface area contributed by atoms with Crippen molar-refractivity contribution in [3.05, 3.63) is 53.1 Å². The van der Waals surface area contributed by atoms with E-state index in [1.165, 1.54) is 39.5 Å². The molecule has 1 heterocycles. The van der Waals surface area contributed by atoms with Crippen molar-refractivity contribution < 1.29 is 38.7 Å². The van der Waals surface area contributed by atoms with E-state index in [9.17, 15) is 19.8 Å². The van der Waals surface area contributed by atoms with Crippen LogP contribution in [-0.2, 0) is 9.53 Å². The summed E-state index contributed by atoms with van der Waals surface area (Å²) in [6, 6.07) is 9.36. The number of benzene rings is 2. The van der Waals surface area contributed by atoms with Crippen molar-refractivity contribution in [1.29, 1.82) is 0 Å². The smallest absolute Gasteiger partial charge is 0.378 e. The van der Waals surface area contributed by atoms with Gasteiger partial charge in [0.05, 0.1) is 32.8 Å². The Kier molecular flexibility index (Phi) is 4.67. The molecule has 2 aromatic rings. The molecule has 0 aliphatic carbocycles. The lowest BCUT2D eigenvalue weighted by molar-refractivity contribution is -0.211. The molecule has 2 unspecified atom stereocenters. The molecule has 0 amide bonds. The van der Waals surface area contributed by atoms with E-state index >= 15 is 0 Å². The predicted octanol–water partition coefficient (Wildman–Crippen LogP) is 1.79. The van der Waals surface area contributed by atoms with Gasteiger partial charge in [-0.15, -0.1) is 0 Å². The second kappa shape index (κ2) is 6.81. The summed E-state index contributed by atoms with van der Waals surface area (Å²) in [6.45, 7) is 0. The van der Waals surface area contributed by atoms with Crippen molar-refractivity contribution in [3.8, 4) is 17.2 Å². The molecule has 8 heteroatoms. The molecule has 27 heavy (non-hydrogen) atoms. The van der Waals surface area contributed by atoms with Gasteiger partial charge < -0.3 is 29.2 Å². The molecule has 0 fully saturated rings. The molecule has 2 N–H and O–H groups in total. The number of methoxy groups -OCH3 is 3. The maximum absolute atomic E-state index is 12.2. The quantitative estimate of drug-likeness (QED) is 0.762. The Balaban J connectivity index is 2.31. The number of fused-ring (bicyclic) bond motifs is 1. The minimum atomic E-state index is -2.80. The van der Waals surface area contributed by atoms with E-state index in [1.54, 1.807) is 18.2 Å². The fraction of sp³-hybridized carbons (Fsp3) is 0.263. The number of hydrogen-bond acceptors (Lipinski definition) is 7. The lowest BCUT2D eigenvalue weighted by Gasteiger charge is -2.37. The van der Waals surface area contributed by atoms with Crippen LogP contribution < -0.4 is 14.2 Å². The average molecular weight is 374 g/mol. The molecule has 0 aromatic heterocycles. The summed E-state index contributed by atoms with van der Waals surface area (Å²) in [5, 5.41) is 20.4. The van der Waals surface area contributed by atoms with Gasteiger partial charge in [-0.25, -0.2) is 9.59 Å². The molecular formula is C19H18O8. The summed E-state index contributed by atoms with van der Waals surface area (Å²) in [7, 11) is 4.27. The highest BCUT2D eigenvalue weighted by Gasteiger charge is 2.54. The second-order valence-corrected chi connectivity index (χ2v) is 5.87. The fourth-order valence-corrected chi connectivity index (χ4v) is 3.24. The summed E-state index contributed by atoms with van der Waals surface area (Å²) in [4.78, 5) is 24.0. The van der Waals surface area contributed by atoms with Crippen LogP contribution in [0.2, 0.25) is 0 Å². The number of hydrogen-bond donors (Lipinski definition) is 2. The van der Waals surface area contributed by atoms with Crippen molar-refractivity contribution >= 4 is 11.9 Å². The van der Waals surface area contributed by atoms with E-state index < -0.39 is 23.6 Å². The first-order valence-corrected chi connectivity index (χ1v) is 7.95. The van der Waals surface area contributed by atoms with Gasteiger partial charge in [-0.05, 0) is 29.3 Å². The van der Waals surface area contributed by atoms with Gasteiger partial charge in [0.15, 0.2) is 11.5 Å². The van der Waals surface area contributed by atoms with E-state index in [-0.39, 0.29) is 17.1 Å². The van der Waals surface area contributed by atoms with E-state index in [4.69, 9.17) is 18.9 Å². The molecule has 142 valence electrons. The molecule has 0 saturated heterocycles. The van der Waals surface area contributed by atoms with Crippen molar-refractivity contribution in [2.24, 2.45) is 0 Å². The third-order valence-corrected chi connectivity index (χ3v) is 4.46. The Hall–Kier alpha value is -3.26. The Morgan fingerprint density at radius 1 is 1.07 bits per heavy atom. The molecule has 8 nitrogen and oxygen atoms in total. The standard InChI is InChI=1S/C19H18O8/c1-24-13-8-10(9-14(25-2)16(13)26-3)15-11-6-4-5-7-12(11)17(20)27-19(15,23)18(21)22/h4-9,15,23H,1-3H3,(H,21,22). The molecule has 1 aliphatic heterocycles. The highest BCUT2D eigenvalue weighted by Crippen LogP contribution is 2.47. The summed E-state index contributed by atoms with van der Waals surface area (Å²) in [6.07, 6.45) is 0. The van der Waals surface area contributed by atoms with Gasteiger partial charge in [0.1, 0.15) is 0 Å². The Labute approximate surface area is 154 Å². The molecule has 0 bridgehead atoms. The largest absolute Gasteiger partial charge is 0.493 e. The molecular weight excluding hydrogens is 356 g/mol. The Morgan fingerprint density at radius 3 is 2.19 bits per heavy atom. The number of carbonyl (C=O) groups is 2. The van der Waals surface area contributed by atoms with Crippen LogP contribution in [0.3, 0.4) is 0 Å². The van der Waals surface area contributed by atoms with Crippen molar-refractivity contribution in [2.75, 3.05) is 21.3 Å². The predicted molar refractivity (Wildman–Crippen MR) is 92.4 cm³/mol.